The van der Waals surface area contributed by atoms with Crippen LogP contribution in [0.4, 0.5) is 0 Å². The minimum atomic E-state index is -2.79. The highest BCUT2D eigenvalue weighted by Gasteiger charge is 2.49. The van der Waals surface area contributed by atoms with Crippen LogP contribution < -0.4 is 0 Å². The van der Waals surface area contributed by atoms with Gasteiger partial charge in [-0.15, -0.1) is 0 Å². The first-order chi connectivity index (χ1) is 10.9. The third-order valence-corrected chi connectivity index (χ3v) is 14.9. The van der Waals surface area contributed by atoms with E-state index in [0.717, 1.165) is 12.5 Å². The maximum absolute atomic E-state index is 10.9. The largest absolute Gasteiger partial charge is 0.478 e. The van der Waals surface area contributed by atoms with Gasteiger partial charge in [0.05, 0.1) is 0 Å². The molecule has 0 aromatic rings. The first kappa shape index (κ1) is 25.0. The predicted octanol–water partition coefficient (Wildman–Crippen LogP) is 5.29. The van der Waals surface area contributed by atoms with E-state index in [9.17, 15) is 4.79 Å². The van der Waals surface area contributed by atoms with Crippen LogP contribution in [0.5, 0.6) is 0 Å². The van der Waals surface area contributed by atoms with Crippen LogP contribution in [-0.4, -0.2) is 44.8 Å². The number of carboxylic acid groups (broad SMARTS) is 1. The van der Waals surface area contributed by atoms with Crippen LogP contribution in [0, 0.1) is 0 Å². The van der Waals surface area contributed by atoms with Gasteiger partial charge in [0.1, 0.15) is 0 Å². The fraction of sp³-hybridized carbons (Fsp3) is 0.812. The number of hydrogen-bond acceptors (Lipinski definition) is 4. The Hall–Kier alpha value is -0.0425. The van der Waals surface area contributed by atoms with Crippen molar-refractivity contribution in [3.05, 3.63) is 11.6 Å². The Labute approximate surface area is 158 Å². The average molecular weight is 423 g/mol. The first-order valence-corrected chi connectivity index (χ1v) is 21.1. The lowest BCUT2D eigenvalue weighted by Gasteiger charge is -2.42. The Morgan fingerprint density at radius 3 is 1.48 bits per heavy atom. The fourth-order valence-corrected chi connectivity index (χ4v) is 17.0. The molecule has 0 spiro atoms. The van der Waals surface area contributed by atoms with Gasteiger partial charge in [-0.2, -0.15) is 0 Å². The van der Waals surface area contributed by atoms with E-state index in [1.807, 2.05) is 0 Å². The van der Waals surface area contributed by atoms with Crippen molar-refractivity contribution >= 4 is 39.7 Å². The fourth-order valence-electron chi connectivity index (χ4n) is 2.34. The van der Waals surface area contributed by atoms with Gasteiger partial charge >= 0.3 is 14.8 Å². The zero-order valence-corrected chi connectivity index (χ0v) is 21.8. The molecule has 0 aliphatic carbocycles. The number of unbranched alkanes of at least 4 members (excludes halogenated alkanes) is 1. The van der Waals surface area contributed by atoms with Gasteiger partial charge in [-0.3, -0.25) is 0 Å². The van der Waals surface area contributed by atoms with Crippen molar-refractivity contribution < 1.29 is 22.2 Å². The quantitative estimate of drug-likeness (QED) is 0.278. The van der Waals surface area contributed by atoms with Crippen LogP contribution >= 0.6 is 0 Å². The zero-order chi connectivity index (χ0) is 20.1. The summed E-state index contributed by atoms with van der Waals surface area (Å²) in [5, 5.41) is 8.98. The summed E-state index contributed by atoms with van der Waals surface area (Å²) in [4.78, 5) is 10.9. The number of hydrogen-bond donors (Lipinski definition) is 1. The summed E-state index contributed by atoms with van der Waals surface area (Å²) < 4.78 is 19.8. The minimum absolute atomic E-state index is 0.385. The maximum Gasteiger partial charge on any atom is 0.469 e. The molecular weight excluding hydrogens is 385 g/mol. The predicted molar refractivity (Wildman–Crippen MR) is 114 cm³/mol. The van der Waals surface area contributed by atoms with Crippen LogP contribution in [0.1, 0.15) is 19.8 Å². The van der Waals surface area contributed by atoms with E-state index in [4.69, 9.17) is 17.5 Å². The van der Waals surface area contributed by atoms with E-state index in [1.165, 1.54) is 0 Å². The molecule has 0 saturated heterocycles. The lowest BCUT2D eigenvalue weighted by Crippen LogP contribution is -2.60. The van der Waals surface area contributed by atoms with E-state index in [0.29, 0.717) is 12.0 Å². The summed E-state index contributed by atoms with van der Waals surface area (Å²) in [5.41, 5.74) is 0.385. The third kappa shape index (κ3) is 12.9. The highest BCUT2D eigenvalue weighted by molar-refractivity contribution is 6.90. The third-order valence-electron chi connectivity index (χ3n) is 2.86. The number of carboxylic acids is 1. The highest BCUT2D eigenvalue weighted by Crippen LogP contribution is 2.30. The Morgan fingerprint density at radius 1 is 0.840 bits per heavy atom. The molecule has 0 rings (SSSR count). The van der Waals surface area contributed by atoms with E-state index >= 15 is 0 Å². The minimum Gasteiger partial charge on any atom is -0.478 e. The second kappa shape index (κ2) is 9.24. The molecule has 0 aromatic heterocycles. The molecule has 148 valence electrons. The lowest BCUT2D eigenvalue weighted by molar-refractivity contribution is -0.132. The van der Waals surface area contributed by atoms with Crippen molar-refractivity contribution in [1.29, 1.82) is 0 Å². The molecule has 0 atom stereocenters. The summed E-state index contributed by atoms with van der Waals surface area (Å²) in [7, 11) is -8.33. The number of aliphatic carboxylic acids is 1. The first-order valence-electron chi connectivity index (χ1n) is 8.95. The van der Waals surface area contributed by atoms with Crippen molar-refractivity contribution in [2.45, 2.75) is 84.7 Å². The van der Waals surface area contributed by atoms with Gasteiger partial charge < -0.3 is 17.5 Å². The molecule has 9 heteroatoms. The highest BCUT2D eigenvalue weighted by atomic mass is 28.5. The molecule has 0 saturated carbocycles. The molecule has 0 aliphatic rings. The summed E-state index contributed by atoms with van der Waals surface area (Å²) in [6.07, 6.45) is 3.29. The van der Waals surface area contributed by atoms with Crippen molar-refractivity contribution in [2.24, 2.45) is 0 Å². The normalized spacial score (nSPS) is 14.7. The molecule has 0 radical (unpaired) electrons. The smallest absolute Gasteiger partial charge is 0.469 e. The lowest BCUT2D eigenvalue weighted by atomic mass is 10.2. The standard InChI is InChI=1S/C16H38O5Si4/c1-15(16(17)18)13-11-12-14-25(19-22(2,3)4,20-23(5,6)7)21-24(8,9)10/h13H,11-12,14H2,1-10H3,(H,17,18). The van der Waals surface area contributed by atoms with Crippen molar-refractivity contribution in [3.63, 3.8) is 0 Å². The van der Waals surface area contributed by atoms with Gasteiger partial charge in [-0.25, -0.2) is 4.79 Å². The average Bonchev–Trinajstić information content (AvgIpc) is 2.27. The molecule has 0 heterocycles. The van der Waals surface area contributed by atoms with Crippen LogP contribution in [0.2, 0.25) is 65.0 Å². The van der Waals surface area contributed by atoms with Crippen molar-refractivity contribution in [2.75, 3.05) is 0 Å². The molecule has 0 fully saturated rings. The van der Waals surface area contributed by atoms with E-state index in [2.05, 4.69) is 58.9 Å². The summed E-state index contributed by atoms with van der Waals surface area (Å²) in [6.45, 7) is 21.2. The topological polar surface area (TPSA) is 65.0 Å². The Morgan fingerprint density at radius 2 is 1.20 bits per heavy atom. The maximum atomic E-state index is 10.9. The molecule has 0 aliphatic heterocycles. The van der Waals surface area contributed by atoms with Gasteiger partial charge in [0.2, 0.25) is 0 Å². The number of carbonyl (C=O) groups is 1. The van der Waals surface area contributed by atoms with Gasteiger partial charge in [-0.05, 0) is 78.7 Å². The molecule has 1 N–H and O–H groups in total. The molecule has 25 heavy (non-hydrogen) atoms. The van der Waals surface area contributed by atoms with Crippen LogP contribution in [0.15, 0.2) is 11.6 Å². The van der Waals surface area contributed by atoms with Crippen molar-refractivity contribution in [1.82, 2.24) is 0 Å². The van der Waals surface area contributed by atoms with Crippen molar-refractivity contribution in [3.8, 4) is 0 Å². The van der Waals surface area contributed by atoms with Crippen LogP contribution in [0.3, 0.4) is 0 Å². The summed E-state index contributed by atoms with van der Waals surface area (Å²) in [5.74, 6) is -0.862. The second-order valence-corrected chi connectivity index (χ2v) is 26.4. The molecule has 5 nitrogen and oxygen atoms in total. The molecule has 0 bridgehead atoms. The van der Waals surface area contributed by atoms with Gasteiger partial charge in [0, 0.05) is 11.6 Å². The van der Waals surface area contributed by atoms with Gasteiger partial charge in [-0.1, -0.05) is 6.08 Å². The molecule has 0 aromatic carbocycles. The number of allylic oxidation sites excluding steroid dienone is 1. The Bertz CT molecular complexity index is 432. The SMILES string of the molecule is CC(=CCCC[Si](O[Si](C)(C)C)(O[Si](C)(C)C)O[Si](C)(C)C)C(=O)O. The van der Waals surface area contributed by atoms with Crippen LogP contribution in [-0.2, 0) is 17.1 Å². The number of rotatable bonds is 11. The monoisotopic (exact) mass is 422 g/mol. The molecule has 0 amide bonds. The van der Waals surface area contributed by atoms with Gasteiger partial charge in [0.25, 0.3) is 0 Å². The van der Waals surface area contributed by atoms with E-state index in [1.54, 1.807) is 13.0 Å². The Kier molecular flexibility index (Phi) is 9.23. The second-order valence-electron chi connectivity index (χ2n) is 9.41. The zero-order valence-electron chi connectivity index (χ0n) is 17.8. The summed E-state index contributed by atoms with van der Waals surface area (Å²) in [6, 6.07) is 0.745. The van der Waals surface area contributed by atoms with Gasteiger partial charge in [0.15, 0.2) is 25.0 Å². The van der Waals surface area contributed by atoms with Crippen LogP contribution in [0.25, 0.3) is 0 Å². The van der Waals surface area contributed by atoms with E-state index < -0.39 is 39.7 Å². The molecular formula is C16H38O5Si4. The molecule has 0 unspecified atom stereocenters. The van der Waals surface area contributed by atoms with E-state index in [-0.39, 0.29) is 0 Å². The summed E-state index contributed by atoms with van der Waals surface area (Å²) >= 11 is 0. The Balaban J connectivity index is 5.43.